The average molecular weight is 476 g/mol. The van der Waals surface area contributed by atoms with Gasteiger partial charge in [0.25, 0.3) is 0 Å². The van der Waals surface area contributed by atoms with E-state index < -0.39 is 42.7 Å². The smallest absolute Gasteiger partial charge is 0.229 e. The van der Waals surface area contributed by atoms with Crippen molar-refractivity contribution in [3.05, 3.63) is 46.6 Å². The van der Waals surface area contributed by atoms with Crippen molar-refractivity contribution >= 4 is 11.0 Å². The summed E-state index contributed by atoms with van der Waals surface area (Å²) in [7, 11) is 2.80. The second-order valence-corrected chi connectivity index (χ2v) is 7.68. The van der Waals surface area contributed by atoms with Gasteiger partial charge in [-0.3, -0.25) is 4.79 Å². The van der Waals surface area contributed by atoms with Gasteiger partial charge in [0.15, 0.2) is 16.9 Å². The van der Waals surface area contributed by atoms with E-state index in [1.54, 1.807) is 6.07 Å². The maximum Gasteiger partial charge on any atom is 0.229 e. The summed E-state index contributed by atoms with van der Waals surface area (Å²) in [6.07, 6.45) is -7.37. The summed E-state index contributed by atoms with van der Waals surface area (Å²) >= 11 is 0. The van der Waals surface area contributed by atoms with Gasteiger partial charge >= 0.3 is 0 Å². The lowest BCUT2D eigenvalue weighted by Gasteiger charge is -2.39. The molecule has 11 heteroatoms. The van der Waals surface area contributed by atoms with Gasteiger partial charge < -0.3 is 48.9 Å². The highest BCUT2D eigenvalue weighted by atomic mass is 16.7. The zero-order valence-corrected chi connectivity index (χ0v) is 18.2. The second-order valence-electron chi connectivity index (χ2n) is 7.68. The molecule has 1 saturated heterocycles. The molecule has 0 bridgehead atoms. The zero-order valence-electron chi connectivity index (χ0n) is 18.2. The SMILES string of the molecule is COc1cc(O)c2c(=O)cc(-c3ccc(OC)c(O[C@H]4O[C@@H](CO)[C@H](O)[C@@H](O)[C@@H]4O)c3)oc2c1. The van der Waals surface area contributed by atoms with Crippen LogP contribution < -0.4 is 19.6 Å². The van der Waals surface area contributed by atoms with Crippen molar-refractivity contribution in [2.45, 2.75) is 30.7 Å². The molecule has 0 unspecified atom stereocenters. The summed E-state index contributed by atoms with van der Waals surface area (Å²) < 4.78 is 27.3. The van der Waals surface area contributed by atoms with Crippen LogP contribution in [0.25, 0.3) is 22.3 Å². The van der Waals surface area contributed by atoms with Crippen LogP contribution in [0.15, 0.2) is 45.6 Å². The van der Waals surface area contributed by atoms with Crippen molar-refractivity contribution in [3.8, 4) is 34.3 Å². The Balaban J connectivity index is 1.73. The minimum atomic E-state index is -1.62. The number of aliphatic hydroxyl groups excluding tert-OH is 4. The molecule has 1 aliphatic heterocycles. The number of aromatic hydroxyl groups is 1. The Bertz CT molecular complexity index is 1240. The van der Waals surface area contributed by atoms with Gasteiger partial charge in [-0.05, 0) is 18.2 Å². The molecular weight excluding hydrogens is 452 g/mol. The first-order valence-electron chi connectivity index (χ1n) is 10.3. The Kier molecular flexibility index (Phi) is 6.64. The summed E-state index contributed by atoms with van der Waals surface area (Å²) in [4.78, 5) is 12.7. The summed E-state index contributed by atoms with van der Waals surface area (Å²) in [5.41, 5.74) is 0.0110. The van der Waals surface area contributed by atoms with Crippen LogP contribution in [-0.4, -0.2) is 77.1 Å². The third-order valence-corrected chi connectivity index (χ3v) is 5.56. The molecule has 1 fully saturated rings. The fourth-order valence-corrected chi connectivity index (χ4v) is 3.72. The molecule has 0 amide bonds. The standard InChI is InChI=1S/C23H24O11/c1-30-11-6-12(25)19-13(26)8-15(32-17(19)7-11)10-3-4-14(31-2)16(5-10)33-23-22(29)21(28)20(27)18(9-24)34-23/h3-8,18,20-25,27-29H,9H2,1-2H3/t18-,20-,21+,22-,23-/m0/s1. The molecule has 1 aliphatic rings. The molecule has 11 nitrogen and oxygen atoms in total. The Morgan fingerprint density at radius 2 is 1.71 bits per heavy atom. The summed E-state index contributed by atoms with van der Waals surface area (Å²) in [6, 6.07) is 8.57. The Morgan fingerprint density at radius 3 is 2.38 bits per heavy atom. The van der Waals surface area contributed by atoms with E-state index in [2.05, 4.69) is 0 Å². The van der Waals surface area contributed by atoms with Crippen LogP contribution in [0.3, 0.4) is 0 Å². The van der Waals surface area contributed by atoms with Crippen molar-refractivity contribution < 1.29 is 48.9 Å². The summed E-state index contributed by atoms with van der Waals surface area (Å²) in [5.74, 6) is 0.470. The lowest BCUT2D eigenvalue weighted by atomic mass is 9.99. The number of methoxy groups -OCH3 is 2. The van der Waals surface area contributed by atoms with Crippen LogP contribution in [0.2, 0.25) is 0 Å². The molecule has 1 aromatic heterocycles. The number of hydrogen-bond donors (Lipinski definition) is 5. The molecule has 34 heavy (non-hydrogen) atoms. The lowest BCUT2D eigenvalue weighted by molar-refractivity contribution is -0.277. The molecule has 5 atom stereocenters. The van der Waals surface area contributed by atoms with E-state index in [-0.39, 0.29) is 34.0 Å². The number of phenolic OH excluding ortho intramolecular Hbond substituents is 1. The van der Waals surface area contributed by atoms with Crippen LogP contribution >= 0.6 is 0 Å². The highest BCUT2D eigenvalue weighted by molar-refractivity contribution is 5.86. The largest absolute Gasteiger partial charge is 0.507 e. The van der Waals surface area contributed by atoms with Crippen LogP contribution in [-0.2, 0) is 4.74 Å². The van der Waals surface area contributed by atoms with E-state index in [1.165, 1.54) is 44.6 Å². The maximum atomic E-state index is 12.7. The monoisotopic (exact) mass is 476 g/mol. The summed E-state index contributed by atoms with van der Waals surface area (Å²) in [5, 5.41) is 49.8. The van der Waals surface area contributed by atoms with E-state index in [9.17, 15) is 30.3 Å². The molecule has 182 valence electrons. The quantitative estimate of drug-likeness (QED) is 0.333. The minimum absolute atomic E-state index is 0.00384. The highest BCUT2D eigenvalue weighted by Gasteiger charge is 2.45. The fourth-order valence-electron chi connectivity index (χ4n) is 3.72. The summed E-state index contributed by atoms with van der Waals surface area (Å²) in [6.45, 7) is -0.611. The van der Waals surface area contributed by atoms with E-state index in [0.29, 0.717) is 11.3 Å². The Morgan fingerprint density at radius 1 is 0.941 bits per heavy atom. The van der Waals surface area contributed by atoms with Crippen molar-refractivity contribution in [2.24, 2.45) is 0 Å². The number of phenols is 1. The van der Waals surface area contributed by atoms with Crippen molar-refractivity contribution in [1.82, 2.24) is 0 Å². The van der Waals surface area contributed by atoms with Gasteiger partial charge in [0, 0.05) is 23.8 Å². The van der Waals surface area contributed by atoms with E-state index >= 15 is 0 Å². The normalized spacial score (nSPS) is 24.7. The number of rotatable bonds is 6. The number of fused-ring (bicyclic) bond motifs is 1. The molecule has 2 aromatic carbocycles. The molecule has 0 radical (unpaired) electrons. The zero-order chi connectivity index (χ0) is 24.6. The topological polar surface area (TPSA) is 168 Å². The van der Waals surface area contributed by atoms with Crippen LogP contribution in [0.4, 0.5) is 0 Å². The van der Waals surface area contributed by atoms with Gasteiger partial charge in [-0.2, -0.15) is 0 Å². The van der Waals surface area contributed by atoms with Gasteiger partial charge in [-0.25, -0.2) is 0 Å². The number of ether oxygens (including phenoxy) is 4. The van der Waals surface area contributed by atoms with E-state index in [1.807, 2.05) is 0 Å². The van der Waals surface area contributed by atoms with Gasteiger partial charge in [0.1, 0.15) is 52.6 Å². The average Bonchev–Trinajstić information content (AvgIpc) is 2.83. The number of benzene rings is 2. The van der Waals surface area contributed by atoms with Gasteiger partial charge in [-0.1, -0.05) is 0 Å². The molecule has 0 aliphatic carbocycles. The van der Waals surface area contributed by atoms with Crippen LogP contribution in [0.1, 0.15) is 0 Å². The van der Waals surface area contributed by atoms with E-state index in [4.69, 9.17) is 23.4 Å². The van der Waals surface area contributed by atoms with Crippen LogP contribution in [0.5, 0.6) is 23.0 Å². The van der Waals surface area contributed by atoms with E-state index in [0.717, 1.165) is 0 Å². The highest BCUT2D eigenvalue weighted by Crippen LogP contribution is 2.36. The van der Waals surface area contributed by atoms with Crippen molar-refractivity contribution in [3.63, 3.8) is 0 Å². The maximum absolute atomic E-state index is 12.7. The molecule has 5 N–H and O–H groups in total. The third-order valence-electron chi connectivity index (χ3n) is 5.56. The predicted octanol–water partition coefficient (Wildman–Crippen LogP) is 0.361. The molecule has 0 spiro atoms. The third kappa shape index (κ3) is 4.27. The fraction of sp³-hybridized carbons (Fsp3) is 0.348. The first-order valence-corrected chi connectivity index (χ1v) is 10.3. The molecule has 4 rings (SSSR count). The van der Waals surface area contributed by atoms with Gasteiger partial charge in [0.05, 0.1) is 20.8 Å². The molecule has 3 aromatic rings. The van der Waals surface area contributed by atoms with Crippen molar-refractivity contribution in [2.75, 3.05) is 20.8 Å². The first-order chi connectivity index (χ1) is 16.3. The van der Waals surface area contributed by atoms with Gasteiger partial charge in [0.2, 0.25) is 6.29 Å². The Hall–Kier alpha value is -3.35. The number of aliphatic hydroxyl groups is 4. The molecule has 2 heterocycles. The number of hydrogen-bond acceptors (Lipinski definition) is 11. The predicted molar refractivity (Wildman–Crippen MR) is 117 cm³/mol. The first kappa shape index (κ1) is 23.8. The Labute approximate surface area is 192 Å². The van der Waals surface area contributed by atoms with Gasteiger partial charge in [-0.15, -0.1) is 0 Å². The molecule has 0 saturated carbocycles. The van der Waals surface area contributed by atoms with Crippen molar-refractivity contribution in [1.29, 1.82) is 0 Å². The lowest BCUT2D eigenvalue weighted by Crippen LogP contribution is -2.60. The van der Waals surface area contributed by atoms with Crippen LogP contribution in [0, 0.1) is 0 Å². The molecular formula is C23H24O11. The second kappa shape index (κ2) is 9.49. The minimum Gasteiger partial charge on any atom is -0.507 e.